The van der Waals surface area contributed by atoms with Gasteiger partial charge in [-0.25, -0.2) is 14.8 Å². The quantitative estimate of drug-likeness (QED) is 0.264. The number of methoxy groups -OCH3 is 2. The fourth-order valence-corrected chi connectivity index (χ4v) is 1.68. The Kier molecular flexibility index (Phi) is 5.76. The normalized spacial score (nSPS) is 9.70. The van der Waals surface area contributed by atoms with Gasteiger partial charge >= 0.3 is 5.97 Å². The lowest BCUT2D eigenvalue weighted by atomic mass is 10.3. The number of nitrogens with zero attached hydrogens (tertiary/aromatic N) is 2. The van der Waals surface area contributed by atoms with Crippen molar-refractivity contribution in [1.82, 2.24) is 9.97 Å². The number of carbonyl (C=O) groups is 1. The summed E-state index contributed by atoms with van der Waals surface area (Å²) in [5, 5.41) is 0.234. The molecule has 0 aliphatic rings. The van der Waals surface area contributed by atoms with Gasteiger partial charge in [-0.1, -0.05) is 23.7 Å². The van der Waals surface area contributed by atoms with Gasteiger partial charge in [0.05, 0.1) is 14.2 Å². The van der Waals surface area contributed by atoms with Crippen molar-refractivity contribution in [3.8, 4) is 17.4 Å². The van der Waals surface area contributed by atoms with Crippen LogP contribution in [0.5, 0.6) is 17.4 Å². The predicted molar refractivity (Wildman–Crippen MR) is 81.3 cm³/mol. The first-order valence-corrected chi connectivity index (χ1v) is 6.76. The minimum atomic E-state index is -0.680. The van der Waals surface area contributed by atoms with E-state index in [1.165, 1.54) is 26.6 Å². The molecule has 0 radical (unpaired) electrons. The van der Waals surface area contributed by atoms with Gasteiger partial charge in [0.25, 0.3) is 5.95 Å². The fourth-order valence-electron chi connectivity index (χ4n) is 1.54. The number of ether oxygens (including phenoxy) is 4. The summed E-state index contributed by atoms with van der Waals surface area (Å²) < 4.78 is 20.4. The molecule has 8 heteroatoms. The van der Waals surface area contributed by atoms with Crippen LogP contribution in [0.3, 0.4) is 0 Å². The highest BCUT2D eigenvalue weighted by Crippen LogP contribution is 2.31. The van der Waals surface area contributed by atoms with Crippen LogP contribution in [0.15, 0.2) is 48.7 Å². The number of benzene rings is 1. The van der Waals surface area contributed by atoms with Gasteiger partial charge in [-0.2, -0.15) is 0 Å². The first-order chi connectivity index (χ1) is 11.1. The largest absolute Gasteiger partial charge is 0.469 e. The molecule has 2 aromatic rings. The maximum atomic E-state index is 11.8. The number of esters is 1. The third-order valence-electron chi connectivity index (χ3n) is 2.52. The number of aromatic nitrogens is 2. The third-order valence-corrected chi connectivity index (χ3v) is 2.73. The van der Waals surface area contributed by atoms with E-state index in [-0.39, 0.29) is 22.7 Å². The SMILES string of the molecule is COC(=CC(=O)Oc1ccccc1Oc1cc(Cl)ncn1)OC. The Labute approximate surface area is 137 Å². The van der Waals surface area contributed by atoms with Crippen LogP contribution in [-0.4, -0.2) is 30.2 Å². The van der Waals surface area contributed by atoms with Crippen LogP contribution in [0, 0.1) is 0 Å². The molecular formula is C15H13ClN2O5. The summed E-state index contributed by atoms with van der Waals surface area (Å²) >= 11 is 5.77. The lowest BCUT2D eigenvalue weighted by Gasteiger charge is -2.10. The highest BCUT2D eigenvalue weighted by atomic mass is 35.5. The highest BCUT2D eigenvalue weighted by Gasteiger charge is 2.11. The Hall–Kier alpha value is -2.80. The second-order valence-corrected chi connectivity index (χ2v) is 4.41. The van der Waals surface area contributed by atoms with E-state index in [2.05, 4.69) is 9.97 Å². The zero-order valence-electron chi connectivity index (χ0n) is 12.4. The molecular weight excluding hydrogens is 324 g/mol. The van der Waals surface area contributed by atoms with Crippen molar-refractivity contribution in [1.29, 1.82) is 0 Å². The summed E-state index contributed by atoms with van der Waals surface area (Å²) in [5.74, 6) is 0.0606. The smallest absolute Gasteiger partial charge is 0.343 e. The Morgan fingerprint density at radius 3 is 2.48 bits per heavy atom. The van der Waals surface area contributed by atoms with Gasteiger partial charge < -0.3 is 18.9 Å². The fraction of sp³-hybridized carbons (Fsp3) is 0.133. The number of hydrogen-bond donors (Lipinski definition) is 0. The average Bonchev–Trinajstić information content (AvgIpc) is 2.54. The van der Waals surface area contributed by atoms with Crippen molar-refractivity contribution >= 4 is 17.6 Å². The van der Waals surface area contributed by atoms with Gasteiger partial charge in [-0.15, -0.1) is 0 Å². The molecule has 0 saturated heterocycles. The average molecular weight is 337 g/mol. The van der Waals surface area contributed by atoms with Crippen LogP contribution in [0.25, 0.3) is 0 Å². The maximum absolute atomic E-state index is 11.8. The molecule has 23 heavy (non-hydrogen) atoms. The standard InChI is InChI=1S/C15H13ClN2O5/c1-20-15(21-2)8-14(19)23-11-6-4-3-5-10(11)22-13-7-12(16)17-9-18-13/h3-9H,1-2H3. The summed E-state index contributed by atoms with van der Waals surface area (Å²) in [4.78, 5) is 19.5. The number of para-hydroxylation sites is 2. The topological polar surface area (TPSA) is 79.8 Å². The minimum absolute atomic E-state index is 0.0241. The second-order valence-electron chi connectivity index (χ2n) is 4.02. The van der Waals surface area contributed by atoms with E-state index >= 15 is 0 Å². The van der Waals surface area contributed by atoms with Gasteiger partial charge in [0.1, 0.15) is 17.6 Å². The molecule has 0 atom stereocenters. The molecule has 0 spiro atoms. The van der Waals surface area contributed by atoms with E-state index in [0.29, 0.717) is 5.75 Å². The van der Waals surface area contributed by atoms with Gasteiger partial charge in [0, 0.05) is 6.07 Å². The van der Waals surface area contributed by atoms with E-state index in [9.17, 15) is 4.79 Å². The van der Waals surface area contributed by atoms with Gasteiger partial charge in [-0.3, -0.25) is 0 Å². The molecule has 2 rings (SSSR count). The monoisotopic (exact) mass is 336 g/mol. The van der Waals surface area contributed by atoms with E-state index in [0.717, 1.165) is 6.08 Å². The number of rotatable bonds is 6. The van der Waals surface area contributed by atoms with Crippen LogP contribution in [0.1, 0.15) is 0 Å². The molecule has 0 bridgehead atoms. The highest BCUT2D eigenvalue weighted by molar-refractivity contribution is 6.29. The molecule has 1 aromatic carbocycles. The summed E-state index contributed by atoms with van der Waals surface area (Å²) in [6.07, 6.45) is 2.33. The molecule has 0 aliphatic heterocycles. The van der Waals surface area contributed by atoms with Crippen molar-refractivity contribution in [2.45, 2.75) is 0 Å². The Morgan fingerprint density at radius 2 is 1.83 bits per heavy atom. The Bertz CT molecular complexity index is 715. The number of carbonyl (C=O) groups excluding carboxylic acids is 1. The number of hydrogen-bond acceptors (Lipinski definition) is 7. The number of halogens is 1. The van der Waals surface area contributed by atoms with Gasteiger partial charge in [0.15, 0.2) is 11.5 Å². The second kappa shape index (κ2) is 8.00. The molecule has 0 fully saturated rings. The Morgan fingerprint density at radius 1 is 1.13 bits per heavy atom. The van der Waals surface area contributed by atoms with Crippen LogP contribution in [0.2, 0.25) is 5.15 Å². The van der Waals surface area contributed by atoms with E-state index in [4.69, 9.17) is 30.5 Å². The summed E-state index contributed by atoms with van der Waals surface area (Å²) in [6, 6.07) is 8.05. The first kappa shape index (κ1) is 16.6. The predicted octanol–water partition coefficient (Wildman–Crippen LogP) is 2.96. The van der Waals surface area contributed by atoms with Crippen molar-refractivity contribution in [3.63, 3.8) is 0 Å². The van der Waals surface area contributed by atoms with Crippen LogP contribution >= 0.6 is 11.6 Å². The molecule has 0 saturated carbocycles. The molecule has 0 unspecified atom stereocenters. The zero-order valence-corrected chi connectivity index (χ0v) is 13.1. The molecule has 7 nitrogen and oxygen atoms in total. The third kappa shape index (κ3) is 4.86. The summed E-state index contributed by atoms with van der Waals surface area (Å²) in [6.45, 7) is 0. The summed E-state index contributed by atoms with van der Waals surface area (Å²) in [7, 11) is 2.75. The molecule has 0 N–H and O–H groups in total. The van der Waals surface area contributed by atoms with E-state index in [1.807, 2.05) is 0 Å². The lowest BCUT2D eigenvalue weighted by molar-refractivity contribution is -0.129. The maximum Gasteiger partial charge on any atom is 0.343 e. The lowest BCUT2D eigenvalue weighted by Crippen LogP contribution is -2.07. The van der Waals surface area contributed by atoms with Crippen LogP contribution < -0.4 is 9.47 Å². The molecule has 0 amide bonds. The molecule has 0 aliphatic carbocycles. The van der Waals surface area contributed by atoms with Crippen molar-refractivity contribution < 1.29 is 23.7 Å². The van der Waals surface area contributed by atoms with Crippen molar-refractivity contribution in [2.75, 3.05) is 14.2 Å². The van der Waals surface area contributed by atoms with Gasteiger partial charge in [-0.05, 0) is 12.1 Å². The minimum Gasteiger partial charge on any atom is -0.469 e. The van der Waals surface area contributed by atoms with Crippen LogP contribution in [-0.2, 0) is 14.3 Å². The van der Waals surface area contributed by atoms with E-state index in [1.54, 1.807) is 24.3 Å². The molecule has 1 heterocycles. The summed E-state index contributed by atoms with van der Waals surface area (Å²) in [5.41, 5.74) is 0. The van der Waals surface area contributed by atoms with Gasteiger partial charge in [0.2, 0.25) is 5.88 Å². The molecule has 1 aromatic heterocycles. The van der Waals surface area contributed by atoms with Crippen molar-refractivity contribution in [3.05, 3.63) is 53.8 Å². The zero-order chi connectivity index (χ0) is 16.7. The molecule has 120 valence electrons. The van der Waals surface area contributed by atoms with Crippen molar-refractivity contribution in [2.24, 2.45) is 0 Å². The Balaban J connectivity index is 2.17. The van der Waals surface area contributed by atoms with E-state index < -0.39 is 5.97 Å². The van der Waals surface area contributed by atoms with Crippen LogP contribution in [0.4, 0.5) is 0 Å². The first-order valence-electron chi connectivity index (χ1n) is 6.38.